The Morgan fingerprint density at radius 3 is 2.91 bits per heavy atom. The molecule has 1 aliphatic carbocycles. The van der Waals surface area contributed by atoms with Gasteiger partial charge in [-0.1, -0.05) is 12.1 Å². The fourth-order valence-corrected chi connectivity index (χ4v) is 4.30. The number of amides is 1. The summed E-state index contributed by atoms with van der Waals surface area (Å²) in [7, 11) is 0. The minimum Gasteiger partial charge on any atom is -0.371 e. The van der Waals surface area contributed by atoms with E-state index in [2.05, 4.69) is 63.4 Å². The summed E-state index contributed by atoms with van der Waals surface area (Å²) in [5.74, 6) is 1.55. The lowest BCUT2D eigenvalue weighted by Gasteiger charge is -2.36. The summed E-state index contributed by atoms with van der Waals surface area (Å²) < 4.78 is 0. The van der Waals surface area contributed by atoms with Gasteiger partial charge in [0.25, 0.3) is 5.91 Å². The zero-order chi connectivity index (χ0) is 22.8. The number of hydrogen-bond donors (Lipinski definition) is 5. The lowest BCUT2D eigenvalue weighted by Crippen LogP contribution is -2.49. The van der Waals surface area contributed by atoms with Gasteiger partial charge in [-0.25, -0.2) is 4.98 Å². The average molecular weight is 439 g/mol. The van der Waals surface area contributed by atoms with Gasteiger partial charge in [0.15, 0.2) is 0 Å². The predicted octanol–water partition coefficient (Wildman–Crippen LogP) is 1.17. The highest BCUT2D eigenvalue weighted by Crippen LogP contribution is 2.29. The Kier molecular flexibility index (Phi) is 6.38. The Morgan fingerprint density at radius 2 is 2.16 bits per heavy atom. The van der Waals surface area contributed by atoms with Crippen molar-refractivity contribution in [3.05, 3.63) is 59.3 Å². The number of carbonyl (C=O) groups excluding carboxylic acids is 1. The van der Waals surface area contributed by atoms with E-state index in [1.165, 1.54) is 0 Å². The van der Waals surface area contributed by atoms with Gasteiger partial charge in [0, 0.05) is 24.5 Å². The number of pyridine rings is 1. The summed E-state index contributed by atoms with van der Waals surface area (Å²) in [6.45, 7) is 9.50. The van der Waals surface area contributed by atoms with E-state index in [0.717, 1.165) is 24.5 Å². The molecule has 3 atom stereocenters. The molecule has 4 rings (SSSR count). The minimum atomic E-state index is -0.390. The number of hydrogen-bond acceptors (Lipinski definition) is 8. The van der Waals surface area contributed by atoms with E-state index < -0.39 is 6.17 Å². The molecule has 1 fully saturated rings. The highest BCUT2D eigenvalue weighted by Gasteiger charge is 2.34. The minimum absolute atomic E-state index is 0.0505. The van der Waals surface area contributed by atoms with Gasteiger partial charge in [-0.3, -0.25) is 15.0 Å². The molecule has 2 aliphatic heterocycles. The number of nitrogens with one attached hydrogen (secondary N) is 4. The zero-order valence-corrected chi connectivity index (χ0v) is 19.2. The van der Waals surface area contributed by atoms with Crippen LogP contribution in [0.25, 0.3) is 0 Å². The van der Waals surface area contributed by atoms with Crippen LogP contribution in [0, 0.1) is 0 Å². The highest BCUT2D eigenvalue weighted by molar-refractivity contribution is 6.09. The Hall–Kier alpha value is -3.04. The maximum absolute atomic E-state index is 13.5. The number of nitrogens with two attached hydrogens (primary N) is 1. The largest absolute Gasteiger partial charge is 0.371 e. The predicted molar refractivity (Wildman–Crippen MR) is 126 cm³/mol. The van der Waals surface area contributed by atoms with Crippen LogP contribution >= 0.6 is 0 Å². The number of anilines is 1. The van der Waals surface area contributed by atoms with Gasteiger partial charge < -0.3 is 26.6 Å². The van der Waals surface area contributed by atoms with Gasteiger partial charge in [-0.2, -0.15) is 0 Å². The molecule has 6 N–H and O–H groups in total. The van der Waals surface area contributed by atoms with E-state index in [4.69, 9.17) is 5.73 Å². The molecule has 9 nitrogen and oxygen atoms in total. The van der Waals surface area contributed by atoms with Crippen LogP contribution in [0.2, 0.25) is 0 Å². The third-order valence-electron chi connectivity index (χ3n) is 5.82. The maximum Gasteiger partial charge on any atom is 0.262 e. The molecular formula is C23H34N8O. The van der Waals surface area contributed by atoms with Gasteiger partial charge in [0.05, 0.1) is 36.3 Å². The smallest absolute Gasteiger partial charge is 0.262 e. The van der Waals surface area contributed by atoms with Crippen molar-refractivity contribution in [1.82, 2.24) is 31.2 Å². The molecule has 0 bridgehead atoms. The molecule has 1 aromatic heterocycles. The Bertz CT molecular complexity index is 953. The van der Waals surface area contributed by atoms with Crippen LogP contribution in [0.5, 0.6) is 0 Å². The monoisotopic (exact) mass is 438 g/mol. The lowest BCUT2D eigenvalue weighted by atomic mass is 9.96. The van der Waals surface area contributed by atoms with Crippen molar-refractivity contribution in [2.24, 2.45) is 5.73 Å². The van der Waals surface area contributed by atoms with E-state index in [-0.39, 0.29) is 24.2 Å². The van der Waals surface area contributed by atoms with E-state index in [0.29, 0.717) is 23.8 Å². The summed E-state index contributed by atoms with van der Waals surface area (Å²) in [4.78, 5) is 22.0. The molecule has 1 aromatic rings. The van der Waals surface area contributed by atoms with Gasteiger partial charge >= 0.3 is 0 Å². The standard InChI is InChI=1S/C23H34N8O/c1-5-25-20-12-30(15(4)28-20)16-9-10-18-17(11-16)23(32)31(13-26-18)21-8-6-7-19(29-21)22(24)27-14(2)3/h6-8,10-12,14-16,22,25-28H,5,9,13,24H2,1-4H3/t15-,16?,22?/m0/s1. The first-order valence-corrected chi connectivity index (χ1v) is 11.3. The van der Waals surface area contributed by atoms with Gasteiger partial charge in [-0.05, 0) is 52.3 Å². The van der Waals surface area contributed by atoms with Crippen molar-refractivity contribution in [3.8, 4) is 0 Å². The SMILES string of the molecule is CCNC1=CN(C2C=C3C(=O)N(c4cccc(C(N)NC(C)C)n4)CNC3=CC2)[C@@H](C)N1. The number of rotatable bonds is 7. The molecule has 9 heteroatoms. The molecule has 3 heterocycles. The Balaban J connectivity index is 1.55. The third kappa shape index (κ3) is 4.44. The quantitative estimate of drug-likeness (QED) is 0.404. The summed E-state index contributed by atoms with van der Waals surface area (Å²) in [6, 6.07) is 5.94. The molecule has 0 saturated carbocycles. The summed E-state index contributed by atoms with van der Waals surface area (Å²) in [5.41, 5.74) is 8.52. The van der Waals surface area contributed by atoms with E-state index in [9.17, 15) is 4.79 Å². The second-order valence-corrected chi connectivity index (χ2v) is 8.63. The van der Waals surface area contributed by atoms with Crippen LogP contribution in [0.3, 0.4) is 0 Å². The van der Waals surface area contributed by atoms with Crippen molar-refractivity contribution < 1.29 is 4.79 Å². The molecule has 172 valence electrons. The molecular weight excluding hydrogens is 404 g/mol. The second kappa shape index (κ2) is 9.22. The first-order chi connectivity index (χ1) is 15.4. The molecule has 0 radical (unpaired) electrons. The van der Waals surface area contributed by atoms with Crippen molar-refractivity contribution in [1.29, 1.82) is 0 Å². The molecule has 32 heavy (non-hydrogen) atoms. The van der Waals surface area contributed by atoms with E-state index in [1.54, 1.807) is 4.90 Å². The van der Waals surface area contributed by atoms with Gasteiger partial charge in [-0.15, -0.1) is 0 Å². The molecule has 2 unspecified atom stereocenters. The summed E-state index contributed by atoms with van der Waals surface area (Å²) in [6.07, 6.45) is 6.88. The molecule has 3 aliphatic rings. The first-order valence-electron chi connectivity index (χ1n) is 11.3. The van der Waals surface area contributed by atoms with Crippen LogP contribution in [0.1, 0.15) is 46.0 Å². The lowest BCUT2D eigenvalue weighted by molar-refractivity contribution is -0.115. The maximum atomic E-state index is 13.5. The summed E-state index contributed by atoms with van der Waals surface area (Å²) >= 11 is 0. The van der Waals surface area contributed by atoms with Crippen LogP contribution in [-0.2, 0) is 4.79 Å². The third-order valence-corrected chi connectivity index (χ3v) is 5.82. The van der Waals surface area contributed by atoms with Crippen LogP contribution in [0.4, 0.5) is 5.82 Å². The van der Waals surface area contributed by atoms with Crippen LogP contribution in [0.15, 0.2) is 53.6 Å². The average Bonchev–Trinajstić information content (AvgIpc) is 3.14. The topological polar surface area (TPSA) is 111 Å². The Morgan fingerprint density at radius 1 is 1.34 bits per heavy atom. The van der Waals surface area contributed by atoms with Crippen molar-refractivity contribution in [3.63, 3.8) is 0 Å². The number of nitrogens with zero attached hydrogens (tertiary/aromatic N) is 3. The molecule has 1 saturated heterocycles. The van der Waals surface area contributed by atoms with Crippen molar-refractivity contribution >= 4 is 11.7 Å². The molecule has 0 spiro atoms. The van der Waals surface area contributed by atoms with Crippen LogP contribution < -0.4 is 31.9 Å². The number of fused-ring (bicyclic) bond motifs is 1. The van der Waals surface area contributed by atoms with E-state index in [1.807, 2.05) is 32.0 Å². The fraction of sp³-hybridized carbons (Fsp3) is 0.478. The fourth-order valence-electron chi connectivity index (χ4n) is 4.30. The van der Waals surface area contributed by atoms with Crippen molar-refractivity contribution in [2.45, 2.75) is 58.5 Å². The first kappa shape index (κ1) is 22.2. The summed E-state index contributed by atoms with van der Waals surface area (Å²) in [5, 5.41) is 13.4. The highest BCUT2D eigenvalue weighted by atomic mass is 16.2. The van der Waals surface area contributed by atoms with Crippen LogP contribution in [-0.4, -0.2) is 47.3 Å². The number of aromatic nitrogens is 1. The molecule has 0 aromatic carbocycles. The second-order valence-electron chi connectivity index (χ2n) is 8.63. The normalized spacial score (nSPS) is 23.7. The van der Waals surface area contributed by atoms with Crippen molar-refractivity contribution in [2.75, 3.05) is 18.1 Å². The van der Waals surface area contributed by atoms with Gasteiger partial charge in [0.2, 0.25) is 0 Å². The zero-order valence-electron chi connectivity index (χ0n) is 19.2. The molecule has 1 amide bonds. The van der Waals surface area contributed by atoms with E-state index >= 15 is 0 Å². The Labute approximate surface area is 189 Å². The number of carbonyl (C=O) groups is 1. The van der Waals surface area contributed by atoms with Gasteiger partial charge in [0.1, 0.15) is 11.6 Å².